The van der Waals surface area contributed by atoms with Crippen LogP contribution < -0.4 is 20.3 Å². The average Bonchev–Trinajstić information content (AvgIpc) is 2.96. The van der Waals surface area contributed by atoms with Gasteiger partial charge in [-0.05, 0) is 66.6 Å². The number of benzene rings is 3. The van der Waals surface area contributed by atoms with Crippen molar-refractivity contribution >= 4 is 34.9 Å². The Morgan fingerprint density at radius 1 is 0.927 bits per heavy atom. The largest absolute Gasteiger partial charge is 0.496 e. The highest BCUT2D eigenvalue weighted by molar-refractivity contribution is 6.31. The predicted octanol–water partition coefficient (Wildman–Crippen LogP) is 5.51. The van der Waals surface area contributed by atoms with Gasteiger partial charge in [0, 0.05) is 34.3 Å². The van der Waals surface area contributed by atoms with Crippen LogP contribution in [0.5, 0.6) is 11.5 Å². The van der Waals surface area contributed by atoms with E-state index in [1.54, 1.807) is 42.5 Å². The Bertz CT molecular complexity index is 1680. The van der Waals surface area contributed by atoms with Gasteiger partial charge in [-0.15, -0.1) is 0 Å². The predicted molar refractivity (Wildman–Crippen MR) is 155 cm³/mol. The number of Topliss-reactive ketones (excluding diaryl/α,β-unsaturated/α-hetero) is 1. The maximum absolute atomic E-state index is 13.7. The molecule has 9 nitrogen and oxygen atoms in total. The molecule has 1 aromatic heterocycles. The summed E-state index contributed by atoms with van der Waals surface area (Å²) in [6, 6.07) is 17.8. The summed E-state index contributed by atoms with van der Waals surface area (Å²) in [4.78, 5) is 50.9. The molecule has 0 bridgehead atoms. The van der Waals surface area contributed by atoms with Crippen LogP contribution in [0.1, 0.15) is 39.2 Å². The van der Waals surface area contributed by atoms with Gasteiger partial charge in [0.05, 0.1) is 26.0 Å². The van der Waals surface area contributed by atoms with Crippen LogP contribution in [0.3, 0.4) is 0 Å². The van der Waals surface area contributed by atoms with Gasteiger partial charge in [-0.25, -0.2) is 4.79 Å². The van der Waals surface area contributed by atoms with E-state index in [1.165, 1.54) is 62.2 Å². The van der Waals surface area contributed by atoms with E-state index in [0.717, 1.165) is 0 Å². The normalized spacial score (nSPS) is 11.4. The Labute approximate surface area is 240 Å². The molecule has 10 heteroatoms. The van der Waals surface area contributed by atoms with Gasteiger partial charge >= 0.3 is 5.97 Å². The highest BCUT2D eigenvalue weighted by Gasteiger charge is 2.26. The van der Waals surface area contributed by atoms with Crippen LogP contribution in [0.15, 0.2) is 83.8 Å². The van der Waals surface area contributed by atoms with Gasteiger partial charge in [0.15, 0.2) is 5.78 Å². The van der Waals surface area contributed by atoms with Gasteiger partial charge in [0.25, 0.3) is 5.56 Å². The minimum atomic E-state index is -1.09. The molecule has 41 heavy (non-hydrogen) atoms. The van der Waals surface area contributed by atoms with Crippen molar-refractivity contribution in [3.05, 3.63) is 111 Å². The second-order valence-corrected chi connectivity index (χ2v) is 9.59. The lowest BCUT2D eigenvalue weighted by Gasteiger charge is -2.22. The van der Waals surface area contributed by atoms with Crippen molar-refractivity contribution in [3.63, 3.8) is 0 Å². The first-order chi connectivity index (χ1) is 19.6. The Hall–Kier alpha value is -4.89. The summed E-state index contributed by atoms with van der Waals surface area (Å²) in [5, 5.41) is 12.3. The molecule has 0 aliphatic carbocycles. The number of carboxylic acid groups (broad SMARTS) is 1. The standard InChI is InChI=1S/C31H27ClN2O7/c1-18(35)23-13-10-21(32)15-24(23)25-16-29(36)34(17-28(25)41-3)26(14-20-6-4-5-7-27(20)40-2)30(37)33-22-11-8-19(9-12-22)31(38)39/h4-13,15-17,26H,14H2,1-3H3,(H,33,37)(H,38,39). The molecule has 0 spiro atoms. The molecule has 0 saturated heterocycles. The summed E-state index contributed by atoms with van der Waals surface area (Å²) in [5.41, 5.74) is 1.71. The summed E-state index contributed by atoms with van der Waals surface area (Å²) in [5.74, 6) is -1.05. The third kappa shape index (κ3) is 6.47. The first kappa shape index (κ1) is 29.1. The number of ether oxygens (including phenoxy) is 2. The number of hydrogen-bond donors (Lipinski definition) is 2. The molecule has 4 rings (SSSR count). The molecule has 1 heterocycles. The van der Waals surface area contributed by atoms with Crippen molar-refractivity contribution < 1.29 is 29.0 Å². The van der Waals surface area contributed by atoms with E-state index in [1.807, 2.05) is 0 Å². The van der Waals surface area contributed by atoms with Gasteiger partial charge in [-0.3, -0.25) is 19.0 Å². The van der Waals surface area contributed by atoms with E-state index >= 15 is 0 Å². The maximum atomic E-state index is 13.7. The third-order valence-electron chi connectivity index (χ3n) is 6.56. The quantitative estimate of drug-likeness (QED) is 0.239. The van der Waals surface area contributed by atoms with Crippen molar-refractivity contribution in [2.45, 2.75) is 19.4 Å². The zero-order chi connectivity index (χ0) is 29.7. The molecule has 0 aliphatic heterocycles. The molecular formula is C31H27ClN2O7. The van der Waals surface area contributed by atoms with Crippen LogP contribution >= 0.6 is 11.6 Å². The number of nitrogens with zero attached hydrogens (tertiary/aromatic N) is 1. The van der Waals surface area contributed by atoms with Gasteiger partial charge in [0.1, 0.15) is 17.5 Å². The highest BCUT2D eigenvalue weighted by atomic mass is 35.5. The minimum Gasteiger partial charge on any atom is -0.496 e. The number of aromatic carboxylic acids is 1. The maximum Gasteiger partial charge on any atom is 0.335 e. The van der Waals surface area contributed by atoms with Gasteiger partial charge in [0.2, 0.25) is 5.91 Å². The summed E-state index contributed by atoms with van der Waals surface area (Å²) in [6.07, 6.45) is 1.51. The van der Waals surface area contributed by atoms with Gasteiger partial charge < -0.3 is 19.9 Å². The number of carboxylic acids is 1. The SMILES string of the molecule is COc1ccccc1CC(C(=O)Nc1ccc(C(=O)O)cc1)n1cc(OC)c(-c2cc(Cl)ccc2C(C)=O)cc1=O. The second kappa shape index (κ2) is 12.5. The molecule has 1 atom stereocenters. The van der Waals surface area contributed by atoms with Gasteiger partial charge in [-0.2, -0.15) is 0 Å². The molecule has 210 valence electrons. The Kier molecular flexibility index (Phi) is 8.89. The number of anilines is 1. The lowest BCUT2D eigenvalue weighted by molar-refractivity contribution is -0.119. The summed E-state index contributed by atoms with van der Waals surface area (Å²) >= 11 is 6.22. The fourth-order valence-corrected chi connectivity index (χ4v) is 4.68. The minimum absolute atomic E-state index is 0.0658. The van der Waals surface area contributed by atoms with Crippen molar-refractivity contribution in [1.29, 1.82) is 0 Å². The van der Waals surface area contributed by atoms with E-state index in [-0.39, 0.29) is 23.5 Å². The average molecular weight is 575 g/mol. The number of ketones is 1. The molecule has 0 radical (unpaired) electrons. The lowest BCUT2D eigenvalue weighted by Crippen LogP contribution is -2.34. The summed E-state index contributed by atoms with van der Waals surface area (Å²) in [6.45, 7) is 1.41. The number of nitrogens with one attached hydrogen (secondary N) is 1. The fourth-order valence-electron chi connectivity index (χ4n) is 4.51. The zero-order valence-electron chi connectivity index (χ0n) is 22.5. The number of hydrogen-bond acceptors (Lipinski definition) is 6. The van der Waals surface area contributed by atoms with Crippen LogP contribution in [0, 0.1) is 0 Å². The summed E-state index contributed by atoms with van der Waals surface area (Å²) in [7, 11) is 2.93. The van der Waals surface area contributed by atoms with Crippen molar-refractivity contribution in [2.75, 3.05) is 19.5 Å². The topological polar surface area (TPSA) is 124 Å². The smallest absolute Gasteiger partial charge is 0.335 e. The van der Waals surface area contributed by atoms with Crippen molar-refractivity contribution in [3.8, 4) is 22.6 Å². The fraction of sp³-hybridized carbons (Fsp3) is 0.161. The molecule has 1 unspecified atom stereocenters. The molecular weight excluding hydrogens is 548 g/mol. The van der Waals surface area contributed by atoms with E-state index in [9.17, 15) is 24.3 Å². The molecule has 4 aromatic rings. The third-order valence-corrected chi connectivity index (χ3v) is 6.79. The number of para-hydroxylation sites is 1. The number of pyridine rings is 1. The number of rotatable bonds is 10. The van der Waals surface area contributed by atoms with Crippen LogP contribution in [-0.4, -0.2) is 41.6 Å². The summed E-state index contributed by atoms with van der Waals surface area (Å²) < 4.78 is 12.4. The monoisotopic (exact) mass is 574 g/mol. The first-order valence-corrected chi connectivity index (χ1v) is 12.9. The Morgan fingerprint density at radius 2 is 1.61 bits per heavy atom. The number of amides is 1. The number of carbonyl (C=O) groups is 3. The molecule has 3 aromatic carbocycles. The molecule has 0 saturated carbocycles. The van der Waals surface area contributed by atoms with Crippen LogP contribution in [-0.2, 0) is 11.2 Å². The molecule has 0 aliphatic rings. The van der Waals surface area contributed by atoms with E-state index in [4.69, 9.17) is 21.1 Å². The van der Waals surface area contributed by atoms with Gasteiger partial charge in [-0.1, -0.05) is 29.8 Å². The van der Waals surface area contributed by atoms with Crippen molar-refractivity contribution in [2.24, 2.45) is 0 Å². The second-order valence-electron chi connectivity index (χ2n) is 9.15. The van der Waals surface area contributed by atoms with E-state index in [2.05, 4.69) is 5.32 Å². The molecule has 0 fully saturated rings. The van der Waals surface area contributed by atoms with Crippen LogP contribution in [0.25, 0.3) is 11.1 Å². The van der Waals surface area contributed by atoms with E-state index in [0.29, 0.717) is 38.7 Å². The Balaban J connectivity index is 1.82. The van der Waals surface area contributed by atoms with Crippen LogP contribution in [0.2, 0.25) is 5.02 Å². The first-order valence-electron chi connectivity index (χ1n) is 12.5. The zero-order valence-corrected chi connectivity index (χ0v) is 23.3. The molecule has 2 N–H and O–H groups in total. The van der Waals surface area contributed by atoms with Crippen molar-refractivity contribution in [1.82, 2.24) is 4.57 Å². The Morgan fingerprint density at radius 3 is 2.24 bits per heavy atom. The van der Waals surface area contributed by atoms with Crippen LogP contribution in [0.4, 0.5) is 5.69 Å². The highest BCUT2D eigenvalue weighted by Crippen LogP contribution is 2.34. The number of carbonyl (C=O) groups excluding carboxylic acids is 2. The number of aromatic nitrogens is 1. The lowest BCUT2D eigenvalue weighted by atomic mass is 9.97. The van der Waals surface area contributed by atoms with E-state index < -0.39 is 23.5 Å². The number of methoxy groups -OCH3 is 2. The molecule has 1 amide bonds. The number of halogens is 1.